The van der Waals surface area contributed by atoms with Crippen molar-refractivity contribution in [2.45, 2.75) is 65.3 Å². The summed E-state index contributed by atoms with van der Waals surface area (Å²) in [5.41, 5.74) is 8.77. The van der Waals surface area contributed by atoms with Gasteiger partial charge < -0.3 is 10.6 Å². The molecule has 4 nitrogen and oxygen atoms in total. The Morgan fingerprint density at radius 3 is 2.57 bits per heavy atom. The van der Waals surface area contributed by atoms with Gasteiger partial charge in [-0.15, -0.1) is 0 Å². The van der Waals surface area contributed by atoms with Crippen LogP contribution in [0.15, 0.2) is 35.7 Å². The summed E-state index contributed by atoms with van der Waals surface area (Å²) >= 11 is 0. The molecule has 1 aromatic rings. The van der Waals surface area contributed by atoms with Crippen LogP contribution < -0.4 is 10.6 Å². The Kier molecular flexibility index (Phi) is 5.59. The molecule has 0 radical (unpaired) electrons. The highest BCUT2D eigenvalue weighted by Crippen LogP contribution is 2.65. The Morgan fingerprint density at radius 2 is 1.93 bits per heavy atom. The first-order valence-corrected chi connectivity index (χ1v) is 13.2. The highest BCUT2D eigenvalue weighted by atomic mass is 32.2. The fourth-order valence-electron chi connectivity index (χ4n) is 6.76. The fourth-order valence-corrected chi connectivity index (χ4v) is 9.10. The van der Waals surface area contributed by atoms with E-state index in [1.807, 2.05) is 0 Å². The predicted molar refractivity (Wildman–Crippen MR) is 125 cm³/mol. The second-order valence-electron chi connectivity index (χ2n) is 10.6. The van der Waals surface area contributed by atoms with Crippen LogP contribution in [0.3, 0.4) is 0 Å². The zero-order valence-electron chi connectivity index (χ0n) is 18.9. The second-order valence-corrected chi connectivity index (χ2v) is 12.6. The summed E-state index contributed by atoms with van der Waals surface area (Å²) < 4.78 is 27.1. The van der Waals surface area contributed by atoms with Crippen molar-refractivity contribution >= 4 is 15.5 Å². The van der Waals surface area contributed by atoms with E-state index in [0.29, 0.717) is 10.8 Å². The molecule has 2 bridgehead atoms. The summed E-state index contributed by atoms with van der Waals surface area (Å²) in [7, 11) is -3.39. The highest BCUT2D eigenvalue weighted by Gasteiger charge is 2.64. The van der Waals surface area contributed by atoms with Gasteiger partial charge in [0.2, 0.25) is 0 Å². The van der Waals surface area contributed by atoms with Crippen LogP contribution in [0.1, 0.15) is 57.9 Å². The van der Waals surface area contributed by atoms with Crippen LogP contribution in [0.5, 0.6) is 0 Å². The van der Waals surface area contributed by atoms with Gasteiger partial charge in [-0.25, -0.2) is 8.42 Å². The standard InChI is InChI=1S/C25H38N2O2S/c1-18-8-5-6-10-22(18)27-14-7-9-20(12-15-27)19(2)30(28,29)17-25-13-11-21(16-23(25)26)24(25,3)4/h5-6,8,10,20-21,23H,2,7,9,11-17,26H2,1,3-4H3. The SMILES string of the molecule is C=C(C1CCCN(c2ccccc2C)CC1)S(=O)(=O)CC12CCC(CC1N)C2(C)C. The third-order valence-electron chi connectivity index (χ3n) is 8.98. The van der Waals surface area contributed by atoms with Crippen molar-refractivity contribution in [1.29, 1.82) is 0 Å². The summed E-state index contributed by atoms with van der Waals surface area (Å²) in [4.78, 5) is 2.87. The molecule has 1 saturated heterocycles. The van der Waals surface area contributed by atoms with Crippen molar-refractivity contribution in [3.8, 4) is 0 Å². The molecule has 2 N–H and O–H groups in total. The number of para-hydroxylation sites is 1. The third-order valence-corrected chi connectivity index (χ3v) is 11.0. The monoisotopic (exact) mass is 430 g/mol. The maximum absolute atomic E-state index is 13.6. The molecule has 4 unspecified atom stereocenters. The fraction of sp³-hybridized carbons (Fsp3) is 0.680. The molecule has 1 heterocycles. The average molecular weight is 431 g/mol. The van der Waals surface area contributed by atoms with Crippen molar-refractivity contribution < 1.29 is 8.42 Å². The van der Waals surface area contributed by atoms with Crippen LogP contribution in [0, 0.1) is 29.6 Å². The normalized spacial score (nSPS) is 33.5. The number of hydrogen-bond donors (Lipinski definition) is 1. The first-order valence-electron chi connectivity index (χ1n) is 11.6. The highest BCUT2D eigenvalue weighted by molar-refractivity contribution is 7.95. The summed E-state index contributed by atoms with van der Waals surface area (Å²) in [5, 5.41) is 0. The predicted octanol–water partition coefficient (Wildman–Crippen LogP) is 4.68. The van der Waals surface area contributed by atoms with Crippen molar-refractivity contribution in [3.63, 3.8) is 0 Å². The van der Waals surface area contributed by atoms with E-state index in [2.05, 4.69) is 56.5 Å². The van der Waals surface area contributed by atoms with Crippen LogP contribution >= 0.6 is 0 Å². The molecule has 4 atom stereocenters. The Balaban J connectivity index is 1.48. The lowest BCUT2D eigenvalue weighted by molar-refractivity contribution is 0.139. The number of sulfone groups is 1. The minimum Gasteiger partial charge on any atom is -0.371 e. The number of nitrogens with two attached hydrogens (primary N) is 1. The number of rotatable bonds is 5. The van der Waals surface area contributed by atoms with Crippen LogP contribution in [-0.4, -0.2) is 33.3 Å². The van der Waals surface area contributed by atoms with E-state index in [9.17, 15) is 8.42 Å². The summed E-state index contributed by atoms with van der Waals surface area (Å²) in [6.45, 7) is 12.6. The minimum absolute atomic E-state index is 0.00907. The maximum atomic E-state index is 13.6. The number of hydrogen-bond acceptors (Lipinski definition) is 4. The van der Waals surface area contributed by atoms with Gasteiger partial charge in [0.25, 0.3) is 0 Å². The zero-order chi connectivity index (χ0) is 21.7. The van der Waals surface area contributed by atoms with E-state index >= 15 is 0 Å². The quantitative estimate of drug-likeness (QED) is 0.736. The third kappa shape index (κ3) is 3.42. The Bertz CT molecular complexity index is 923. The van der Waals surface area contributed by atoms with E-state index in [4.69, 9.17) is 5.73 Å². The molecule has 30 heavy (non-hydrogen) atoms. The van der Waals surface area contributed by atoms with Crippen molar-refractivity contribution in [3.05, 3.63) is 41.3 Å². The number of anilines is 1. The molecule has 3 aliphatic rings. The molecule has 0 aromatic heterocycles. The van der Waals surface area contributed by atoms with Gasteiger partial charge in [0, 0.05) is 35.1 Å². The molecule has 2 saturated carbocycles. The van der Waals surface area contributed by atoms with Gasteiger partial charge in [-0.2, -0.15) is 0 Å². The van der Waals surface area contributed by atoms with Crippen molar-refractivity contribution in [2.75, 3.05) is 23.7 Å². The van der Waals surface area contributed by atoms with Gasteiger partial charge in [-0.05, 0) is 74.3 Å². The molecule has 4 rings (SSSR count). The molecule has 0 spiro atoms. The van der Waals surface area contributed by atoms with Gasteiger partial charge in [0.1, 0.15) is 0 Å². The van der Waals surface area contributed by atoms with E-state index in [-0.39, 0.29) is 28.5 Å². The van der Waals surface area contributed by atoms with E-state index in [0.717, 1.165) is 51.6 Å². The van der Waals surface area contributed by atoms with Crippen molar-refractivity contribution in [2.24, 2.45) is 28.4 Å². The number of allylic oxidation sites excluding steroid dienone is 1. The number of benzene rings is 1. The van der Waals surface area contributed by atoms with Gasteiger partial charge >= 0.3 is 0 Å². The van der Waals surface area contributed by atoms with Gasteiger partial charge in [0.05, 0.1) is 5.75 Å². The molecule has 3 fully saturated rings. The first kappa shape index (κ1) is 21.9. The average Bonchev–Trinajstić information content (AvgIpc) is 2.92. The van der Waals surface area contributed by atoms with Crippen LogP contribution in [0.4, 0.5) is 5.69 Å². The molecular formula is C25H38N2O2S. The number of nitrogens with zero attached hydrogens (tertiary/aromatic N) is 1. The molecule has 2 aliphatic carbocycles. The summed E-state index contributed by atoms with van der Waals surface area (Å²) in [6, 6.07) is 8.44. The van der Waals surface area contributed by atoms with Gasteiger partial charge in [-0.3, -0.25) is 0 Å². The molecule has 1 aliphatic heterocycles. The Morgan fingerprint density at radius 1 is 1.20 bits per heavy atom. The largest absolute Gasteiger partial charge is 0.371 e. The van der Waals surface area contributed by atoms with Crippen LogP contribution in [-0.2, 0) is 9.84 Å². The summed E-state index contributed by atoms with van der Waals surface area (Å²) in [5.74, 6) is 0.775. The maximum Gasteiger partial charge on any atom is 0.174 e. The molecule has 1 aromatic carbocycles. The van der Waals surface area contributed by atoms with Gasteiger partial charge in [0.15, 0.2) is 9.84 Å². The lowest BCUT2D eigenvalue weighted by atomic mass is 9.69. The zero-order valence-corrected chi connectivity index (χ0v) is 19.7. The molecule has 5 heteroatoms. The minimum atomic E-state index is -3.39. The second kappa shape index (κ2) is 7.67. The smallest absolute Gasteiger partial charge is 0.174 e. The molecular weight excluding hydrogens is 392 g/mol. The van der Waals surface area contributed by atoms with Crippen LogP contribution in [0.2, 0.25) is 0 Å². The Labute approximate surface area is 182 Å². The first-order chi connectivity index (χ1) is 14.1. The molecule has 0 amide bonds. The van der Waals surface area contributed by atoms with E-state index in [1.165, 1.54) is 11.3 Å². The lowest BCUT2D eigenvalue weighted by Crippen LogP contribution is -2.48. The van der Waals surface area contributed by atoms with Crippen molar-refractivity contribution in [1.82, 2.24) is 0 Å². The Hall–Kier alpha value is -1.33. The van der Waals surface area contributed by atoms with E-state index < -0.39 is 9.84 Å². The molecule has 166 valence electrons. The van der Waals surface area contributed by atoms with Gasteiger partial charge in [-0.1, -0.05) is 38.6 Å². The van der Waals surface area contributed by atoms with Crippen LogP contribution in [0.25, 0.3) is 0 Å². The summed E-state index contributed by atoms with van der Waals surface area (Å²) in [6.07, 6.45) is 5.74. The van der Waals surface area contributed by atoms with E-state index in [1.54, 1.807) is 0 Å². The number of aryl methyl sites for hydroxylation is 1. The number of fused-ring (bicyclic) bond motifs is 2. The lowest BCUT2D eigenvalue weighted by Gasteiger charge is -2.41. The topological polar surface area (TPSA) is 63.4 Å².